The molecule has 5 nitrogen and oxygen atoms in total. The van der Waals surface area contributed by atoms with Crippen LogP contribution in [-0.4, -0.2) is 23.9 Å². The van der Waals surface area contributed by atoms with Crippen molar-refractivity contribution < 1.29 is 9.59 Å². The standard InChI is InChI=1S/C23H29N3O2/c1-4-16(3)21(23(28)25-19-11-9-15(2)10-12-19)26-22(27)20-13-17-7-5-6-8-18(17)14-24-20/h5-12,16,20-21,24H,4,13-14H2,1-3H3,(H,25,28)(H,26,27)/t16-,20+,21+/m1/s1. The highest BCUT2D eigenvalue weighted by molar-refractivity contribution is 5.98. The predicted molar refractivity (Wildman–Crippen MR) is 112 cm³/mol. The van der Waals surface area contributed by atoms with Gasteiger partial charge < -0.3 is 16.0 Å². The number of rotatable bonds is 6. The molecule has 0 aliphatic carbocycles. The van der Waals surface area contributed by atoms with Crippen LogP contribution in [0.5, 0.6) is 0 Å². The maximum absolute atomic E-state index is 12.9. The van der Waals surface area contributed by atoms with Crippen molar-refractivity contribution in [3.05, 3.63) is 65.2 Å². The summed E-state index contributed by atoms with van der Waals surface area (Å²) >= 11 is 0. The Hall–Kier alpha value is -2.66. The first-order valence-corrected chi connectivity index (χ1v) is 9.96. The van der Waals surface area contributed by atoms with Gasteiger partial charge in [-0.1, -0.05) is 62.2 Å². The lowest BCUT2D eigenvalue weighted by Gasteiger charge is -2.29. The molecule has 0 radical (unpaired) electrons. The Morgan fingerprint density at radius 2 is 1.79 bits per heavy atom. The van der Waals surface area contributed by atoms with E-state index in [-0.39, 0.29) is 23.8 Å². The largest absolute Gasteiger partial charge is 0.343 e. The quantitative estimate of drug-likeness (QED) is 0.722. The number of carbonyl (C=O) groups is 2. The van der Waals surface area contributed by atoms with Crippen molar-refractivity contribution in [3.63, 3.8) is 0 Å². The Kier molecular flexibility index (Phi) is 6.47. The van der Waals surface area contributed by atoms with Crippen LogP contribution >= 0.6 is 0 Å². The third-order valence-corrected chi connectivity index (χ3v) is 5.51. The second kappa shape index (κ2) is 9.02. The van der Waals surface area contributed by atoms with Gasteiger partial charge in [0.25, 0.3) is 0 Å². The number of nitrogens with one attached hydrogen (secondary N) is 3. The number of hydrogen-bond acceptors (Lipinski definition) is 3. The van der Waals surface area contributed by atoms with Crippen molar-refractivity contribution in [1.29, 1.82) is 0 Å². The van der Waals surface area contributed by atoms with Crippen molar-refractivity contribution in [1.82, 2.24) is 10.6 Å². The Morgan fingerprint density at radius 1 is 1.11 bits per heavy atom. The van der Waals surface area contributed by atoms with E-state index in [1.54, 1.807) is 0 Å². The number of aryl methyl sites for hydroxylation is 1. The molecule has 0 saturated heterocycles. The molecule has 2 aromatic rings. The van der Waals surface area contributed by atoms with Crippen LogP contribution < -0.4 is 16.0 Å². The molecule has 1 aliphatic rings. The van der Waals surface area contributed by atoms with E-state index in [2.05, 4.69) is 28.1 Å². The minimum atomic E-state index is -0.572. The fourth-order valence-electron chi connectivity index (χ4n) is 3.45. The first kappa shape index (κ1) is 20.1. The fraction of sp³-hybridized carbons (Fsp3) is 0.391. The van der Waals surface area contributed by atoms with E-state index in [1.807, 2.05) is 57.2 Å². The maximum Gasteiger partial charge on any atom is 0.247 e. The van der Waals surface area contributed by atoms with Crippen LogP contribution in [0.25, 0.3) is 0 Å². The SMILES string of the molecule is CC[C@@H](C)[C@H](NC(=O)[C@@H]1Cc2ccccc2CN1)C(=O)Nc1ccc(C)cc1. The lowest BCUT2D eigenvalue weighted by Crippen LogP contribution is -2.55. The second-order valence-electron chi connectivity index (χ2n) is 7.63. The highest BCUT2D eigenvalue weighted by atomic mass is 16.2. The number of anilines is 1. The van der Waals surface area contributed by atoms with Crippen molar-refractivity contribution in [2.45, 2.75) is 52.2 Å². The molecule has 148 valence electrons. The van der Waals surface area contributed by atoms with E-state index in [9.17, 15) is 9.59 Å². The molecule has 0 unspecified atom stereocenters. The van der Waals surface area contributed by atoms with Gasteiger partial charge in [-0.15, -0.1) is 0 Å². The second-order valence-corrected chi connectivity index (χ2v) is 7.63. The Morgan fingerprint density at radius 3 is 2.46 bits per heavy atom. The molecule has 3 rings (SSSR count). The number of hydrogen-bond donors (Lipinski definition) is 3. The van der Waals surface area contributed by atoms with E-state index < -0.39 is 6.04 Å². The first-order valence-electron chi connectivity index (χ1n) is 9.96. The summed E-state index contributed by atoms with van der Waals surface area (Å²) in [6.07, 6.45) is 1.43. The van der Waals surface area contributed by atoms with E-state index in [0.717, 1.165) is 17.7 Å². The van der Waals surface area contributed by atoms with Gasteiger partial charge in [0.05, 0.1) is 6.04 Å². The van der Waals surface area contributed by atoms with Gasteiger partial charge in [-0.25, -0.2) is 0 Å². The maximum atomic E-state index is 12.9. The lowest BCUT2D eigenvalue weighted by atomic mass is 9.94. The average molecular weight is 380 g/mol. The first-order chi connectivity index (χ1) is 13.5. The van der Waals surface area contributed by atoms with Gasteiger partial charge in [0.2, 0.25) is 11.8 Å². The van der Waals surface area contributed by atoms with Gasteiger partial charge in [0, 0.05) is 12.2 Å². The average Bonchev–Trinajstić information content (AvgIpc) is 2.72. The Labute approximate surface area is 166 Å². The third kappa shape index (κ3) is 4.78. The molecule has 0 fully saturated rings. The van der Waals surface area contributed by atoms with Crippen molar-refractivity contribution >= 4 is 17.5 Å². The summed E-state index contributed by atoms with van der Waals surface area (Å²) in [6, 6.07) is 14.9. The molecular formula is C23H29N3O2. The van der Waals surface area contributed by atoms with Crippen molar-refractivity contribution in [3.8, 4) is 0 Å². The molecule has 2 amide bonds. The monoisotopic (exact) mass is 379 g/mol. The van der Waals surface area contributed by atoms with Gasteiger partial charge >= 0.3 is 0 Å². The van der Waals surface area contributed by atoms with Crippen LogP contribution in [0.15, 0.2) is 48.5 Å². The summed E-state index contributed by atoms with van der Waals surface area (Å²) < 4.78 is 0. The van der Waals surface area contributed by atoms with Crippen LogP contribution in [0.4, 0.5) is 5.69 Å². The van der Waals surface area contributed by atoms with Gasteiger partial charge in [-0.2, -0.15) is 0 Å². The minimum Gasteiger partial charge on any atom is -0.343 e. The van der Waals surface area contributed by atoms with Crippen molar-refractivity contribution in [2.75, 3.05) is 5.32 Å². The summed E-state index contributed by atoms with van der Waals surface area (Å²) in [7, 11) is 0. The minimum absolute atomic E-state index is 0.0327. The van der Waals surface area contributed by atoms with Crippen LogP contribution in [0.3, 0.4) is 0 Å². The summed E-state index contributed by atoms with van der Waals surface area (Å²) in [5.74, 6) is -0.271. The normalized spacial score (nSPS) is 17.9. The van der Waals surface area contributed by atoms with Crippen LogP contribution in [0, 0.1) is 12.8 Å². The van der Waals surface area contributed by atoms with Gasteiger partial charge in [0.1, 0.15) is 6.04 Å². The molecule has 2 aromatic carbocycles. The molecule has 1 aliphatic heterocycles. The molecule has 0 bridgehead atoms. The molecule has 0 saturated carbocycles. The fourth-order valence-corrected chi connectivity index (χ4v) is 3.45. The topological polar surface area (TPSA) is 70.2 Å². The van der Waals surface area contributed by atoms with E-state index in [4.69, 9.17) is 0 Å². The summed E-state index contributed by atoms with van der Waals surface area (Å²) in [6.45, 7) is 6.68. The smallest absolute Gasteiger partial charge is 0.247 e. The molecular weight excluding hydrogens is 350 g/mol. The van der Waals surface area contributed by atoms with E-state index in [0.29, 0.717) is 13.0 Å². The molecule has 3 atom stereocenters. The van der Waals surface area contributed by atoms with E-state index in [1.165, 1.54) is 11.1 Å². The number of fused-ring (bicyclic) bond motifs is 1. The Bertz CT molecular complexity index is 832. The summed E-state index contributed by atoms with van der Waals surface area (Å²) in [5, 5.41) is 9.21. The zero-order valence-corrected chi connectivity index (χ0v) is 16.8. The molecule has 0 aromatic heterocycles. The van der Waals surface area contributed by atoms with Crippen molar-refractivity contribution in [2.24, 2.45) is 5.92 Å². The predicted octanol–water partition coefficient (Wildman–Crippen LogP) is 3.18. The zero-order valence-electron chi connectivity index (χ0n) is 16.8. The van der Waals surface area contributed by atoms with Gasteiger partial charge in [-0.3, -0.25) is 9.59 Å². The molecule has 3 N–H and O–H groups in total. The molecule has 0 spiro atoms. The highest BCUT2D eigenvalue weighted by Crippen LogP contribution is 2.18. The summed E-state index contributed by atoms with van der Waals surface area (Å²) in [5.41, 5.74) is 4.28. The number of benzene rings is 2. The van der Waals surface area contributed by atoms with Crippen LogP contribution in [-0.2, 0) is 22.6 Å². The number of carbonyl (C=O) groups excluding carboxylic acids is 2. The zero-order chi connectivity index (χ0) is 20.1. The highest BCUT2D eigenvalue weighted by Gasteiger charge is 2.30. The lowest BCUT2D eigenvalue weighted by molar-refractivity contribution is -0.129. The third-order valence-electron chi connectivity index (χ3n) is 5.51. The van der Waals surface area contributed by atoms with Crippen LogP contribution in [0.1, 0.15) is 37.0 Å². The van der Waals surface area contributed by atoms with Gasteiger partial charge in [-0.05, 0) is 42.5 Å². The van der Waals surface area contributed by atoms with Crippen LogP contribution in [0.2, 0.25) is 0 Å². The molecule has 28 heavy (non-hydrogen) atoms. The molecule has 1 heterocycles. The summed E-state index contributed by atoms with van der Waals surface area (Å²) in [4.78, 5) is 25.8. The molecule has 5 heteroatoms. The van der Waals surface area contributed by atoms with Gasteiger partial charge in [0.15, 0.2) is 0 Å². The Balaban J connectivity index is 1.67. The number of amides is 2. The van der Waals surface area contributed by atoms with E-state index >= 15 is 0 Å².